The standard InChI is InChI=1S/C29H30N2O8/c1-31(2)23-18-11-15-10-17-16(14-6-4-13(5-7-14)12-39-3)8-9-19(32)21(17)24(33)20(15)26(35)29(18,38)27(36)22(25(23)34)28(30)37/h4-9,15,18,23,32,34-35,38H,10-12H2,1-3H3,(H2,30,37)/t15-,18-,23-,29-/m0/s1. The van der Waals surface area contributed by atoms with E-state index in [1.165, 1.54) is 11.0 Å². The molecule has 0 bridgehead atoms. The number of benzene rings is 2. The monoisotopic (exact) mass is 534 g/mol. The number of allylic oxidation sites excluding steroid dienone is 1. The Morgan fingerprint density at radius 1 is 1.10 bits per heavy atom. The molecular weight excluding hydrogens is 504 g/mol. The molecule has 5 rings (SSSR count). The fraction of sp³-hybridized carbons (Fsp3) is 0.345. The van der Waals surface area contributed by atoms with Crippen molar-refractivity contribution < 1.29 is 39.5 Å². The third kappa shape index (κ3) is 3.78. The summed E-state index contributed by atoms with van der Waals surface area (Å²) in [6, 6.07) is 9.68. The van der Waals surface area contributed by atoms with Gasteiger partial charge < -0.3 is 30.9 Å². The highest BCUT2D eigenvalue weighted by atomic mass is 16.5. The van der Waals surface area contributed by atoms with E-state index in [1.54, 1.807) is 27.3 Å². The molecule has 2 aromatic carbocycles. The number of ketones is 2. The molecule has 0 aromatic heterocycles. The highest BCUT2D eigenvalue weighted by Crippen LogP contribution is 2.53. The number of phenols is 1. The van der Waals surface area contributed by atoms with Crippen molar-refractivity contribution in [2.24, 2.45) is 17.6 Å². The van der Waals surface area contributed by atoms with E-state index in [-0.39, 0.29) is 29.7 Å². The molecule has 204 valence electrons. The van der Waals surface area contributed by atoms with Crippen LogP contribution in [0, 0.1) is 11.8 Å². The summed E-state index contributed by atoms with van der Waals surface area (Å²) in [5.74, 6) is -6.70. The number of nitrogens with two attached hydrogens (primary N) is 1. The molecule has 4 atom stereocenters. The Bertz CT molecular complexity index is 1470. The molecule has 0 saturated heterocycles. The van der Waals surface area contributed by atoms with Crippen LogP contribution >= 0.6 is 0 Å². The third-order valence-electron chi connectivity index (χ3n) is 8.18. The fourth-order valence-corrected chi connectivity index (χ4v) is 6.47. The number of aliphatic hydroxyl groups excluding tert-OH is 2. The minimum absolute atomic E-state index is 0.0192. The maximum atomic E-state index is 13.8. The summed E-state index contributed by atoms with van der Waals surface area (Å²) < 4.78 is 5.17. The number of rotatable bonds is 5. The van der Waals surface area contributed by atoms with Crippen molar-refractivity contribution in [1.82, 2.24) is 4.90 Å². The first kappa shape index (κ1) is 26.6. The van der Waals surface area contributed by atoms with Crippen molar-refractivity contribution >= 4 is 17.5 Å². The van der Waals surface area contributed by atoms with Crippen molar-refractivity contribution in [2.75, 3.05) is 21.2 Å². The SMILES string of the molecule is COCc1ccc(-c2ccc(O)c3c2C[C@H]2C[C@H]4[C@H](N(C)C)C(O)=C(C(N)=O)C(=O)[C@@]4(O)C(O)=C2C3=O)cc1. The summed E-state index contributed by atoms with van der Waals surface area (Å²) in [5, 5.41) is 44.7. The topological polar surface area (TPSA) is 171 Å². The van der Waals surface area contributed by atoms with Crippen LogP contribution in [0.1, 0.15) is 27.9 Å². The van der Waals surface area contributed by atoms with Crippen LogP contribution in [0.3, 0.4) is 0 Å². The molecule has 0 saturated carbocycles. The van der Waals surface area contributed by atoms with Gasteiger partial charge in [-0.15, -0.1) is 0 Å². The minimum Gasteiger partial charge on any atom is -0.510 e. The predicted molar refractivity (Wildman–Crippen MR) is 140 cm³/mol. The first-order chi connectivity index (χ1) is 18.4. The van der Waals surface area contributed by atoms with Crippen molar-refractivity contribution in [3.05, 3.63) is 75.8 Å². The van der Waals surface area contributed by atoms with E-state index >= 15 is 0 Å². The summed E-state index contributed by atoms with van der Waals surface area (Å²) in [4.78, 5) is 40.8. The number of carbonyl (C=O) groups is 3. The summed E-state index contributed by atoms with van der Waals surface area (Å²) in [7, 11) is 4.79. The second kappa shape index (κ2) is 9.33. The van der Waals surface area contributed by atoms with Gasteiger partial charge in [0.15, 0.2) is 11.4 Å². The van der Waals surface area contributed by atoms with Crippen molar-refractivity contribution in [2.45, 2.75) is 31.1 Å². The molecule has 2 aromatic rings. The van der Waals surface area contributed by atoms with Gasteiger partial charge in [0.05, 0.1) is 18.2 Å². The zero-order chi connectivity index (χ0) is 28.4. The molecular formula is C29H30N2O8. The molecule has 39 heavy (non-hydrogen) atoms. The number of amides is 1. The van der Waals surface area contributed by atoms with Crippen LogP contribution in [0.5, 0.6) is 5.75 Å². The second-order valence-corrected chi connectivity index (χ2v) is 10.6. The number of primary amides is 1. The third-order valence-corrected chi connectivity index (χ3v) is 8.18. The number of phenolic OH excluding ortho intramolecular Hbond substituents is 1. The number of nitrogens with zero attached hydrogens (tertiary/aromatic N) is 1. The molecule has 0 spiro atoms. The zero-order valence-electron chi connectivity index (χ0n) is 21.8. The maximum Gasteiger partial charge on any atom is 0.255 e. The van der Waals surface area contributed by atoms with Crippen molar-refractivity contribution in [3.8, 4) is 16.9 Å². The molecule has 0 fully saturated rings. The van der Waals surface area contributed by atoms with E-state index in [1.807, 2.05) is 24.3 Å². The molecule has 0 aliphatic heterocycles. The Hall–Kier alpha value is -3.99. The lowest BCUT2D eigenvalue weighted by Crippen LogP contribution is -2.63. The van der Waals surface area contributed by atoms with Crippen LogP contribution in [-0.4, -0.2) is 75.6 Å². The number of likely N-dealkylation sites (N-methyl/N-ethyl adjacent to an activating group) is 1. The number of aliphatic hydroxyl groups is 3. The molecule has 10 nitrogen and oxygen atoms in total. The number of methoxy groups -OCH3 is 1. The van der Waals surface area contributed by atoms with Gasteiger partial charge in [-0.05, 0) is 61.2 Å². The Labute approximate surface area is 224 Å². The first-order valence-corrected chi connectivity index (χ1v) is 12.5. The summed E-state index contributed by atoms with van der Waals surface area (Å²) in [6.07, 6.45) is 0.256. The van der Waals surface area contributed by atoms with Gasteiger partial charge in [0, 0.05) is 18.6 Å². The van der Waals surface area contributed by atoms with E-state index in [2.05, 4.69) is 0 Å². The van der Waals surface area contributed by atoms with Gasteiger partial charge >= 0.3 is 0 Å². The highest BCUT2D eigenvalue weighted by molar-refractivity contribution is 6.24. The van der Waals surface area contributed by atoms with Crippen LogP contribution in [-0.2, 0) is 27.4 Å². The van der Waals surface area contributed by atoms with Gasteiger partial charge in [0.25, 0.3) is 5.91 Å². The van der Waals surface area contributed by atoms with Crippen LogP contribution < -0.4 is 5.73 Å². The Morgan fingerprint density at radius 3 is 2.36 bits per heavy atom. The molecule has 6 N–H and O–H groups in total. The van der Waals surface area contributed by atoms with E-state index in [0.29, 0.717) is 12.2 Å². The van der Waals surface area contributed by atoms with Gasteiger partial charge in [0.1, 0.15) is 22.8 Å². The van der Waals surface area contributed by atoms with Crippen molar-refractivity contribution in [1.29, 1.82) is 0 Å². The molecule has 1 amide bonds. The van der Waals surface area contributed by atoms with Gasteiger partial charge in [-0.3, -0.25) is 19.3 Å². The predicted octanol–water partition coefficient (Wildman–Crippen LogP) is 1.93. The molecule has 3 aliphatic carbocycles. The number of carbonyl (C=O) groups excluding carboxylic acids is 3. The van der Waals surface area contributed by atoms with Gasteiger partial charge in [-0.1, -0.05) is 30.3 Å². The van der Waals surface area contributed by atoms with Gasteiger partial charge in [0.2, 0.25) is 5.78 Å². The molecule has 0 radical (unpaired) electrons. The van der Waals surface area contributed by atoms with Crippen LogP contribution in [0.15, 0.2) is 59.1 Å². The quantitative estimate of drug-likeness (QED) is 0.360. The first-order valence-electron chi connectivity index (χ1n) is 12.5. The lowest BCUT2D eigenvalue weighted by molar-refractivity contribution is -0.148. The van der Waals surface area contributed by atoms with Gasteiger partial charge in [-0.25, -0.2) is 0 Å². The lowest BCUT2D eigenvalue weighted by Gasteiger charge is -2.50. The molecule has 10 heteroatoms. The second-order valence-electron chi connectivity index (χ2n) is 10.6. The Balaban J connectivity index is 1.68. The number of Topliss-reactive ketones (excluding diaryl/α,β-unsaturated/α-hetero) is 2. The average Bonchev–Trinajstić information content (AvgIpc) is 2.87. The maximum absolute atomic E-state index is 13.8. The molecule has 0 heterocycles. The van der Waals surface area contributed by atoms with E-state index in [9.17, 15) is 34.8 Å². The minimum atomic E-state index is -2.66. The lowest BCUT2D eigenvalue weighted by atomic mass is 9.58. The number of hydrogen-bond donors (Lipinski definition) is 5. The number of ether oxygens (including phenoxy) is 1. The smallest absolute Gasteiger partial charge is 0.255 e. The Kier molecular flexibility index (Phi) is 6.37. The Morgan fingerprint density at radius 2 is 1.77 bits per heavy atom. The summed E-state index contributed by atoms with van der Waals surface area (Å²) >= 11 is 0. The van der Waals surface area contributed by atoms with Crippen LogP contribution in [0.2, 0.25) is 0 Å². The highest BCUT2D eigenvalue weighted by Gasteiger charge is 2.63. The molecule has 3 aliphatic rings. The summed E-state index contributed by atoms with van der Waals surface area (Å²) in [6.45, 7) is 0.441. The van der Waals surface area contributed by atoms with E-state index in [4.69, 9.17) is 10.5 Å². The van der Waals surface area contributed by atoms with E-state index in [0.717, 1.165) is 16.7 Å². The van der Waals surface area contributed by atoms with Gasteiger partial charge in [-0.2, -0.15) is 0 Å². The van der Waals surface area contributed by atoms with E-state index < -0.39 is 58.0 Å². The number of hydrogen-bond acceptors (Lipinski definition) is 9. The fourth-order valence-electron chi connectivity index (χ4n) is 6.47. The van der Waals surface area contributed by atoms with Crippen LogP contribution in [0.25, 0.3) is 11.1 Å². The zero-order valence-corrected chi connectivity index (χ0v) is 21.8. The normalized spacial score (nSPS) is 26.4. The number of fused-ring (bicyclic) bond motifs is 3. The van der Waals surface area contributed by atoms with Crippen LogP contribution in [0.4, 0.5) is 0 Å². The number of aromatic hydroxyl groups is 1. The molecule has 0 unspecified atom stereocenters. The largest absolute Gasteiger partial charge is 0.510 e. The average molecular weight is 535 g/mol. The summed E-state index contributed by atoms with van der Waals surface area (Å²) in [5.41, 5.74) is 4.76. The van der Waals surface area contributed by atoms with Crippen molar-refractivity contribution in [3.63, 3.8) is 0 Å².